The van der Waals surface area contributed by atoms with Gasteiger partial charge < -0.3 is 10.2 Å². The smallest absolute Gasteiger partial charge is 0.242 e. The maximum Gasteiger partial charge on any atom is 0.242 e. The van der Waals surface area contributed by atoms with Crippen LogP contribution in [0.5, 0.6) is 0 Å². The number of rotatable bonds is 11. The van der Waals surface area contributed by atoms with Crippen molar-refractivity contribution in [2.24, 2.45) is 0 Å². The molecular formula is C24H31FN2O2S. The molecule has 0 aliphatic carbocycles. The molecule has 2 aromatic carbocycles. The third-order valence-electron chi connectivity index (χ3n) is 4.95. The Morgan fingerprint density at radius 1 is 1.10 bits per heavy atom. The van der Waals surface area contributed by atoms with Crippen LogP contribution in [-0.4, -0.2) is 35.1 Å². The number of hydrogen-bond donors (Lipinski definition) is 1. The number of benzene rings is 2. The highest BCUT2D eigenvalue weighted by molar-refractivity contribution is 7.99. The Hall–Kier alpha value is -2.34. The minimum atomic E-state index is -0.548. The Bertz CT molecular complexity index is 826. The first-order valence-corrected chi connectivity index (χ1v) is 11.6. The van der Waals surface area contributed by atoms with Gasteiger partial charge in [0.05, 0.1) is 5.75 Å². The highest BCUT2D eigenvalue weighted by Crippen LogP contribution is 2.19. The molecule has 2 aromatic rings. The van der Waals surface area contributed by atoms with E-state index in [0.29, 0.717) is 13.0 Å². The Morgan fingerprint density at radius 2 is 1.80 bits per heavy atom. The molecule has 0 spiro atoms. The SMILES string of the molecule is CCCNC(=O)C(CC)N(Cc1ccc(F)cc1)C(=O)CSCc1ccccc1C. The zero-order valence-electron chi connectivity index (χ0n) is 18.0. The summed E-state index contributed by atoms with van der Waals surface area (Å²) >= 11 is 1.54. The van der Waals surface area contributed by atoms with Gasteiger partial charge in [0, 0.05) is 18.8 Å². The van der Waals surface area contributed by atoms with Crippen molar-refractivity contribution in [2.75, 3.05) is 12.3 Å². The maximum atomic E-state index is 13.3. The van der Waals surface area contributed by atoms with Crippen LogP contribution >= 0.6 is 11.8 Å². The van der Waals surface area contributed by atoms with Gasteiger partial charge in [-0.1, -0.05) is 50.2 Å². The van der Waals surface area contributed by atoms with E-state index in [0.717, 1.165) is 17.7 Å². The average molecular weight is 431 g/mol. The van der Waals surface area contributed by atoms with Crippen LogP contribution in [0.1, 0.15) is 43.4 Å². The number of nitrogens with one attached hydrogen (secondary N) is 1. The number of carbonyl (C=O) groups is 2. The molecule has 30 heavy (non-hydrogen) atoms. The summed E-state index contributed by atoms with van der Waals surface area (Å²) in [6.45, 7) is 6.81. The Morgan fingerprint density at radius 3 is 2.43 bits per heavy atom. The van der Waals surface area contributed by atoms with Gasteiger partial charge in [-0.05, 0) is 48.6 Å². The van der Waals surface area contributed by atoms with Gasteiger partial charge in [-0.15, -0.1) is 11.8 Å². The van der Waals surface area contributed by atoms with E-state index in [2.05, 4.69) is 24.4 Å². The van der Waals surface area contributed by atoms with Gasteiger partial charge in [0.15, 0.2) is 0 Å². The molecule has 0 aliphatic heterocycles. The standard InChI is InChI=1S/C24H31FN2O2S/c1-4-14-26-24(29)22(5-2)27(15-19-10-12-21(25)13-11-19)23(28)17-30-16-20-9-7-6-8-18(20)3/h6-13,22H,4-5,14-17H2,1-3H3,(H,26,29). The van der Waals surface area contributed by atoms with E-state index >= 15 is 0 Å². The first-order chi connectivity index (χ1) is 14.5. The van der Waals surface area contributed by atoms with Crippen molar-refractivity contribution in [2.45, 2.75) is 52.0 Å². The molecule has 2 rings (SSSR count). The molecule has 0 fully saturated rings. The fraction of sp³-hybridized carbons (Fsp3) is 0.417. The fourth-order valence-electron chi connectivity index (χ4n) is 3.18. The maximum absolute atomic E-state index is 13.3. The van der Waals surface area contributed by atoms with Gasteiger partial charge in [0.25, 0.3) is 0 Å². The quantitative estimate of drug-likeness (QED) is 0.562. The lowest BCUT2D eigenvalue weighted by Gasteiger charge is -2.30. The number of hydrogen-bond acceptors (Lipinski definition) is 3. The molecule has 1 atom stereocenters. The van der Waals surface area contributed by atoms with Crippen molar-refractivity contribution >= 4 is 23.6 Å². The summed E-state index contributed by atoms with van der Waals surface area (Å²) in [5.74, 6) is 0.475. The second-order valence-corrected chi connectivity index (χ2v) is 8.27. The first kappa shape index (κ1) is 23.9. The van der Waals surface area contributed by atoms with Gasteiger partial charge in [-0.3, -0.25) is 9.59 Å². The topological polar surface area (TPSA) is 49.4 Å². The lowest BCUT2D eigenvalue weighted by atomic mass is 10.1. The zero-order chi connectivity index (χ0) is 21.9. The normalized spacial score (nSPS) is 11.7. The van der Waals surface area contributed by atoms with E-state index < -0.39 is 6.04 Å². The van der Waals surface area contributed by atoms with Gasteiger partial charge in [0.1, 0.15) is 11.9 Å². The number of thioether (sulfide) groups is 1. The summed E-state index contributed by atoms with van der Waals surface area (Å²) in [6, 6.07) is 13.6. The number of carbonyl (C=O) groups excluding carboxylic acids is 2. The molecule has 0 aliphatic rings. The van der Waals surface area contributed by atoms with Crippen molar-refractivity contribution in [3.05, 3.63) is 71.0 Å². The highest BCUT2D eigenvalue weighted by Gasteiger charge is 2.28. The molecule has 0 bridgehead atoms. The molecule has 0 heterocycles. The van der Waals surface area contributed by atoms with E-state index in [-0.39, 0.29) is 29.9 Å². The lowest BCUT2D eigenvalue weighted by Crippen LogP contribution is -2.49. The van der Waals surface area contributed by atoms with E-state index in [9.17, 15) is 14.0 Å². The molecular weight excluding hydrogens is 399 g/mol. The molecule has 1 unspecified atom stereocenters. The summed E-state index contributed by atoms with van der Waals surface area (Å²) in [4.78, 5) is 27.4. The predicted octanol–water partition coefficient (Wildman–Crippen LogP) is 4.70. The van der Waals surface area contributed by atoms with Gasteiger partial charge >= 0.3 is 0 Å². The van der Waals surface area contributed by atoms with E-state index in [1.807, 2.05) is 26.0 Å². The molecule has 162 valence electrons. The monoisotopic (exact) mass is 430 g/mol. The van der Waals surface area contributed by atoms with Crippen molar-refractivity contribution < 1.29 is 14.0 Å². The molecule has 0 aromatic heterocycles. The van der Waals surface area contributed by atoms with Crippen LogP contribution in [0.4, 0.5) is 4.39 Å². The average Bonchev–Trinajstić information content (AvgIpc) is 2.74. The fourth-order valence-corrected chi connectivity index (χ4v) is 4.16. The Kier molecular flexibility index (Phi) is 9.87. The number of halogens is 1. The summed E-state index contributed by atoms with van der Waals surface area (Å²) < 4.78 is 13.3. The van der Waals surface area contributed by atoms with Crippen LogP contribution in [0, 0.1) is 12.7 Å². The van der Waals surface area contributed by atoms with Crippen LogP contribution in [0.15, 0.2) is 48.5 Å². The van der Waals surface area contributed by atoms with E-state index in [1.165, 1.54) is 23.3 Å². The van der Waals surface area contributed by atoms with Crippen LogP contribution < -0.4 is 5.32 Å². The van der Waals surface area contributed by atoms with E-state index in [4.69, 9.17) is 0 Å². The Balaban J connectivity index is 2.11. The van der Waals surface area contributed by atoms with Crippen LogP contribution in [-0.2, 0) is 21.9 Å². The molecule has 6 heteroatoms. The first-order valence-electron chi connectivity index (χ1n) is 10.4. The second kappa shape index (κ2) is 12.4. The zero-order valence-corrected chi connectivity index (χ0v) is 18.8. The van der Waals surface area contributed by atoms with E-state index in [1.54, 1.807) is 28.8 Å². The molecule has 0 saturated heterocycles. The van der Waals surface area contributed by atoms with Crippen molar-refractivity contribution in [3.8, 4) is 0 Å². The van der Waals surface area contributed by atoms with Crippen LogP contribution in [0.2, 0.25) is 0 Å². The highest BCUT2D eigenvalue weighted by atomic mass is 32.2. The minimum absolute atomic E-state index is 0.0867. The summed E-state index contributed by atoms with van der Waals surface area (Å²) in [7, 11) is 0. The van der Waals surface area contributed by atoms with Gasteiger partial charge in [-0.2, -0.15) is 0 Å². The molecule has 0 saturated carbocycles. The summed E-state index contributed by atoms with van der Waals surface area (Å²) in [5, 5.41) is 2.90. The van der Waals surface area contributed by atoms with Crippen molar-refractivity contribution in [1.82, 2.24) is 10.2 Å². The molecule has 0 radical (unpaired) electrons. The molecule has 1 N–H and O–H groups in total. The largest absolute Gasteiger partial charge is 0.354 e. The third kappa shape index (κ3) is 7.17. The summed E-state index contributed by atoms with van der Waals surface area (Å²) in [6.07, 6.45) is 1.35. The Labute approximate surface area is 183 Å². The summed E-state index contributed by atoms with van der Waals surface area (Å²) in [5.41, 5.74) is 3.20. The predicted molar refractivity (Wildman–Crippen MR) is 122 cm³/mol. The number of nitrogens with zero attached hydrogens (tertiary/aromatic N) is 1. The van der Waals surface area contributed by atoms with Crippen molar-refractivity contribution in [1.29, 1.82) is 0 Å². The molecule has 2 amide bonds. The van der Waals surface area contributed by atoms with Crippen LogP contribution in [0.25, 0.3) is 0 Å². The number of aryl methyl sites for hydroxylation is 1. The number of amides is 2. The third-order valence-corrected chi connectivity index (χ3v) is 5.91. The molecule has 4 nitrogen and oxygen atoms in total. The second-order valence-electron chi connectivity index (χ2n) is 7.28. The minimum Gasteiger partial charge on any atom is -0.354 e. The van der Waals surface area contributed by atoms with Crippen LogP contribution in [0.3, 0.4) is 0 Å². The van der Waals surface area contributed by atoms with Crippen molar-refractivity contribution in [3.63, 3.8) is 0 Å². The van der Waals surface area contributed by atoms with Gasteiger partial charge in [0.2, 0.25) is 11.8 Å². The lowest BCUT2D eigenvalue weighted by molar-refractivity contribution is -0.139. The van der Waals surface area contributed by atoms with Gasteiger partial charge in [-0.25, -0.2) is 4.39 Å².